The summed E-state index contributed by atoms with van der Waals surface area (Å²) in [4.78, 5) is 16.7. The van der Waals surface area contributed by atoms with Gasteiger partial charge in [-0.05, 0) is 18.3 Å². The standard InChI is InChI=1S/C12H26.2CHNO/c1-5-6-7-8-9-12(4)10-11(2)3;2*2-1-3/h11-12H,5-10H2,1-4H3;2*2H. The van der Waals surface area contributed by atoms with Gasteiger partial charge in [-0.1, -0.05) is 59.8 Å². The average molecular weight is 256 g/mol. The molecule has 0 rings (SSSR count). The third-order valence-corrected chi connectivity index (χ3v) is 2.42. The van der Waals surface area contributed by atoms with Crippen molar-refractivity contribution in [3.8, 4) is 0 Å². The number of hydrogen-bond donors (Lipinski definition) is 2. The van der Waals surface area contributed by atoms with Gasteiger partial charge in [0.15, 0.2) is 0 Å². The van der Waals surface area contributed by atoms with Gasteiger partial charge >= 0.3 is 0 Å². The smallest absolute Gasteiger partial charge is 0.222 e. The molecule has 0 bridgehead atoms. The van der Waals surface area contributed by atoms with Crippen molar-refractivity contribution in [3.63, 3.8) is 0 Å². The molecule has 0 aromatic carbocycles. The summed E-state index contributed by atoms with van der Waals surface area (Å²) in [6, 6.07) is 0. The summed E-state index contributed by atoms with van der Waals surface area (Å²) in [5.74, 6) is 1.83. The van der Waals surface area contributed by atoms with Gasteiger partial charge in [0, 0.05) is 0 Å². The van der Waals surface area contributed by atoms with E-state index in [4.69, 9.17) is 20.4 Å². The van der Waals surface area contributed by atoms with Crippen LogP contribution in [0.25, 0.3) is 0 Å². The SMILES string of the molecule is CCCCCCC(C)CC(C)C.N=C=O.N=C=O. The molecule has 0 radical (unpaired) electrons. The summed E-state index contributed by atoms with van der Waals surface area (Å²) in [7, 11) is 0. The molecule has 0 aliphatic rings. The average Bonchev–Trinajstić information content (AvgIpc) is 2.26. The second-order valence-electron chi connectivity index (χ2n) is 4.79. The fourth-order valence-electron chi connectivity index (χ4n) is 1.84. The lowest BCUT2D eigenvalue weighted by atomic mass is 9.94. The van der Waals surface area contributed by atoms with Crippen molar-refractivity contribution in [1.82, 2.24) is 0 Å². The molecule has 0 fully saturated rings. The summed E-state index contributed by atoms with van der Waals surface area (Å²) in [6.45, 7) is 9.31. The van der Waals surface area contributed by atoms with Crippen LogP contribution < -0.4 is 0 Å². The molecule has 1 unspecified atom stereocenters. The van der Waals surface area contributed by atoms with E-state index in [1.54, 1.807) is 0 Å². The predicted molar refractivity (Wildman–Crippen MR) is 74.2 cm³/mol. The summed E-state index contributed by atoms with van der Waals surface area (Å²) >= 11 is 0. The van der Waals surface area contributed by atoms with Crippen LogP contribution in [0.15, 0.2) is 0 Å². The van der Waals surface area contributed by atoms with Gasteiger partial charge in [0.1, 0.15) is 0 Å². The molecule has 0 aromatic heterocycles. The van der Waals surface area contributed by atoms with E-state index in [9.17, 15) is 0 Å². The van der Waals surface area contributed by atoms with Crippen LogP contribution in [0, 0.1) is 22.7 Å². The number of unbranched alkanes of at least 4 members (excludes halogenated alkanes) is 3. The molecule has 4 heteroatoms. The molecular formula is C14H28N2O2. The van der Waals surface area contributed by atoms with Crippen molar-refractivity contribution >= 4 is 12.2 Å². The quantitative estimate of drug-likeness (QED) is 0.401. The van der Waals surface area contributed by atoms with Gasteiger partial charge in [-0.3, -0.25) is 0 Å². The van der Waals surface area contributed by atoms with Gasteiger partial charge in [-0.25, -0.2) is 20.4 Å². The van der Waals surface area contributed by atoms with Gasteiger partial charge in [-0.2, -0.15) is 0 Å². The van der Waals surface area contributed by atoms with Crippen LogP contribution in [-0.4, -0.2) is 12.2 Å². The summed E-state index contributed by atoms with van der Waals surface area (Å²) in [5, 5.41) is 10.8. The maximum absolute atomic E-state index is 8.35. The first-order valence-corrected chi connectivity index (χ1v) is 6.57. The number of rotatable bonds is 7. The Kier molecular flexibility index (Phi) is 25.8. The van der Waals surface area contributed by atoms with Gasteiger partial charge in [0.25, 0.3) is 0 Å². The molecule has 0 heterocycles. The van der Waals surface area contributed by atoms with Gasteiger partial charge < -0.3 is 0 Å². The zero-order valence-corrected chi connectivity index (χ0v) is 12.2. The molecule has 4 nitrogen and oxygen atoms in total. The molecular weight excluding hydrogens is 228 g/mol. The van der Waals surface area contributed by atoms with Crippen LogP contribution in [0.5, 0.6) is 0 Å². The van der Waals surface area contributed by atoms with Crippen LogP contribution in [0.4, 0.5) is 0 Å². The molecule has 1 atom stereocenters. The molecule has 2 N–H and O–H groups in total. The number of nitrogens with one attached hydrogen (secondary N) is 2. The van der Waals surface area contributed by atoms with Crippen molar-refractivity contribution < 1.29 is 9.59 Å². The van der Waals surface area contributed by atoms with Crippen LogP contribution in [0.2, 0.25) is 0 Å². The van der Waals surface area contributed by atoms with Crippen molar-refractivity contribution in [2.24, 2.45) is 11.8 Å². The van der Waals surface area contributed by atoms with Crippen molar-refractivity contribution in [1.29, 1.82) is 10.8 Å². The molecule has 0 aliphatic carbocycles. The molecule has 0 aromatic rings. The van der Waals surface area contributed by atoms with E-state index in [0.717, 1.165) is 24.0 Å². The van der Waals surface area contributed by atoms with Crippen LogP contribution in [0.3, 0.4) is 0 Å². The minimum atomic E-state index is 0.750. The fourth-order valence-corrected chi connectivity index (χ4v) is 1.84. The first kappa shape index (κ1) is 22.0. The van der Waals surface area contributed by atoms with Crippen molar-refractivity contribution in [2.45, 2.75) is 66.2 Å². The fraction of sp³-hybridized carbons (Fsp3) is 0.857. The van der Waals surface area contributed by atoms with Crippen LogP contribution in [-0.2, 0) is 9.59 Å². The van der Waals surface area contributed by atoms with Gasteiger partial charge in [-0.15, -0.1) is 0 Å². The molecule has 0 spiro atoms. The van der Waals surface area contributed by atoms with Gasteiger partial charge in [0.05, 0.1) is 0 Å². The molecule has 0 amide bonds. The normalized spacial score (nSPS) is 10.1. The van der Waals surface area contributed by atoms with E-state index in [-0.39, 0.29) is 0 Å². The van der Waals surface area contributed by atoms with E-state index in [1.165, 1.54) is 38.5 Å². The summed E-state index contributed by atoms with van der Waals surface area (Å²) in [5.41, 5.74) is 0. The third-order valence-electron chi connectivity index (χ3n) is 2.42. The maximum Gasteiger partial charge on any atom is 0.231 e. The first-order valence-electron chi connectivity index (χ1n) is 6.57. The summed E-state index contributed by atoms with van der Waals surface area (Å²) < 4.78 is 0. The van der Waals surface area contributed by atoms with Crippen molar-refractivity contribution in [3.05, 3.63) is 0 Å². The lowest BCUT2D eigenvalue weighted by Crippen LogP contribution is -1.99. The van der Waals surface area contributed by atoms with E-state index >= 15 is 0 Å². The highest BCUT2D eigenvalue weighted by molar-refractivity contribution is 5.26. The van der Waals surface area contributed by atoms with Crippen LogP contribution >= 0.6 is 0 Å². The maximum atomic E-state index is 8.35. The largest absolute Gasteiger partial charge is 0.231 e. The highest BCUT2D eigenvalue weighted by Gasteiger charge is 2.03. The molecule has 0 saturated heterocycles. The molecule has 0 aliphatic heterocycles. The third kappa shape index (κ3) is 36.4. The monoisotopic (exact) mass is 256 g/mol. The lowest BCUT2D eigenvalue weighted by Gasteiger charge is -2.13. The van der Waals surface area contributed by atoms with E-state index < -0.39 is 0 Å². The first-order chi connectivity index (χ1) is 8.49. The topological polar surface area (TPSA) is 81.8 Å². The van der Waals surface area contributed by atoms with E-state index in [0.29, 0.717) is 0 Å². The zero-order chi connectivity index (χ0) is 14.8. The van der Waals surface area contributed by atoms with Crippen molar-refractivity contribution in [2.75, 3.05) is 0 Å². The summed E-state index contributed by atoms with van der Waals surface area (Å²) in [6.07, 6.45) is 10.0. The highest BCUT2D eigenvalue weighted by atomic mass is 16.1. The Morgan fingerprint density at radius 2 is 1.39 bits per heavy atom. The Hall–Kier alpha value is -1.24. The minimum absolute atomic E-state index is 0.750. The van der Waals surface area contributed by atoms with Gasteiger partial charge in [0.2, 0.25) is 12.2 Å². The number of carbonyl (C=O) groups excluding carboxylic acids is 2. The molecule has 18 heavy (non-hydrogen) atoms. The number of hydrogen-bond acceptors (Lipinski definition) is 4. The van der Waals surface area contributed by atoms with Crippen LogP contribution in [0.1, 0.15) is 66.2 Å². The molecule has 106 valence electrons. The lowest BCUT2D eigenvalue weighted by molar-refractivity contribution is 0.399. The Labute approximate surface area is 111 Å². The number of isocyanates is 2. The predicted octanol–water partition coefficient (Wildman–Crippen LogP) is 4.44. The highest BCUT2D eigenvalue weighted by Crippen LogP contribution is 2.17. The Bertz CT molecular complexity index is 204. The van der Waals surface area contributed by atoms with E-state index in [1.807, 2.05) is 0 Å². The Morgan fingerprint density at radius 3 is 1.72 bits per heavy atom. The second-order valence-corrected chi connectivity index (χ2v) is 4.79. The minimum Gasteiger partial charge on any atom is -0.222 e. The zero-order valence-electron chi connectivity index (χ0n) is 12.2. The Balaban J connectivity index is -0.000000315. The second kappa shape index (κ2) is 21.1. The molecule has 0 saturated carbocycles. The van der Waals surface area contributed by atoms with E-state index in [2.05, 4.69) is 27.7 Å². The Morgan fingerprint density at radius 1 is 0.944 bits per heavy atom.